The quantitative estimate of drug-likeness (QED) is 0.625. The SMILES string of the molecule is Brc1cc2n(c1)CCOC2. The van der Waals surface area contributed by atoms with Gasteiger partial charge in [0, 0.05) is 22.9 Å². The van der Waals surface area contributed by atoms with Crippen molar-refractivity contribution in [2.24, 2.45) is 0 Å². The number of aromatic nitrogens is 1. The Labute approximate surface area is 67.9 Å². The maximum absolute atomic E-state index is 5.27. The normalized spacial score (nSPS) is 16.9. The monoisotopic (exact) mass is 201 g/mol. The van der Waals surface area contributed by atoms with E-state index in [4.69, 9.17) is 4.74 Å². The fourth-order valence-electron chi connectivity index (χ4n) is 1.18. The molecule has 0 fully saturated rings. The van der Waals surface area contributed by atoms with Crippen LogP contribution in [-0.2, 0) is 17.9 Å². The fourth-order valence-corrected chi connectivity index (χ4v) is 1.69. The summed E-state index contributed by atoms with van der Waals surface area (Å²) >= 11 is 3.42. The Bertz CT molecular complexity index is 220. The van der Waals surface area contributed by atoms with E-state index in [2.05, 4.69) is 32.8 Å². The zero-order valence-corrected chi connectivity index (χ0v) is 7.10. The minimum absolute atomic E-state index is 0.756. The topological polar surface area (TPSA) is 14.2 Å². The summed E-state index contributed by atoms with van der Waals surface area (Å²) < 4.78 is 8.63. The summed E-state index contributed by atoms with van der Waals surface area (Å²) in [6, 6.07) is 2.10. The number of fused-ring (bicyclic) bond motifs is 1. The number of hydrogen-bond donors (Lipinski definition) is 0. The first-order valence-corrected chi connectivity index (χ1v) is 4.08. The second-order valence-corrected chi connectivity index (χ2v) is 3.31. The zero-order valence-electron chi connectivity index (χ0n) is 5.51. The maximum atomic E-state index is 5.27. The van der Waals surface area contributed by atoms with Crippen molar-refractivity contribution in [3.63, 3.8) is 0 Å². The van der Waals surface area contributed by atoms with Crippen LogP contribution < -0.4 is 0 Å². The molecule has 0 atom stereocenters. The molecule has 2 heterocycles. The first kappa shape index (κ1) is 6.43. The van der Waals surface area contributed by atoms with E-state index in [1.807, 2.05) is 0 Å². The van der Waals surface area contributed by atoms with Gasteiger partial charge in [0.1, 0.15) is 0 Å². The average molecular weight is 202 g/mol. The minimum Gasteiger partial charge on any atom is -0.373 e. The highest BCUT2D eigenvalue weighted by atomic mass is 79.9. The van der Waals surface area contributed by atoms with Crippen LogP contribution in [0.4, 0.5) is 0 Å². The molecule has 0 saturated heterocycles. The first-order valence-electron chi connectivity index (χ1n) is 3.28. The average Bonchev–Trinajstić information content (AvgIpc) is 2.27. The molecule has 10 heavy (non-hydrogen) atoms. The number of ether oxygens (including phenoxy) is 1. The third-order valence-corrected chi connectivity index (χ3v) is 2.11. The van der Waals surface area contributed by atoms with Crippen LogP contribution in [0.15, 0.2) is 16.7 Å². The lowest BCUT2D eigenvalue weighted by molar-refractivity contribution is 0.0850. The molecule has 1 aliphatic rings. The van der Waals surface area contributed by atoms with Crippen molar-refractivity contribution in [3.8, 4) is 0 Å². The van der Waals surface area contributed by atoms with Crippen molar-refractivity contribution in [2.75, 3.05) is 6.61 Å². The molecule has 0 unspecified atom stereocenters. The van der Waals surface area contributed by atoms with Crippen molar-refractivity contribution in [1.29, 1.82) is 0 Å². The lowest BCUT2D eigenvalue weighted by Gasteiger charge is -2.14. The van der Waals surface area contributed by atoms with E-state index < -0.39 is 0 Å². The lowest BCUT2D eigenvalue weighted by atomic mass is 10.4. The summed E-state index contributed by atoms with van der Waals surface area (Å²) in [5.41, 5.74) is 1.26. The van der Waals surface area contributed by atoms with Gasteiger partial charge < -0.3 is 9.30 Å². The molecule has 0 radical (unpaired) electrons. The molecule has 1 aliphatic heterocycles. The third kappa shape index (κ3) is 0.995. The smallest absolute Gasteiger partial charge is 0.0869 e. The molecular weight excluding hydrogens is 194 g/mol. The van der Waals surface area contributed by atoms with Crippen LogP contribution in [0, 0.1) is 0 Å². The van der Waals surface area contributed by atoms with Gasteiger partial charge in [-0.1, -0.05) is 0 Å². The van der Waals surface area contributed by atoms with Crippen LogP contribution in [-0.4, -0.2) is 11.2 Å². The standard InChI is InChI=1S/C7H8BrNO/c8-6-3-7-5-10-2-1-9(7)4-6/h3-4H,1-2,5H2. The van der Waals surface area contributed by atoms with Gasteiger partial charge in [-0.05, 0) is 22.0 Å². The molecule has 54 valence electrons. The summed E-state index contributed by atoms with van der Waals surface area (Å²) in [5.74, 6) is 0. The second kappa shape index (κ2) is 2.40. The molecule has 0 spiro atoms. The van der Waals surface area contributed by atoms with E-state index in [-0.39, 0.29) is 0 Å². The van der Waals surface area contributed by atoms with E-state index in [0.717, 1.165) is 24.2 Å². The van der Waals surface area contributed by atoms with Crippen molar-refractivity contribution in [1.82, 2.24) is 4.57 Å². The molecule has 3 heteroatoms. The van der Waals surface area contributed by atoms with Crippen LogP contribution in [0.5, 0.6) is 0 Å². The van der Waals surface area contributed by atoms with Crippen molar-refractivity contribution in [3.05, 3.63) is 22.4 Å². The van der Waals surface area contributed by atoms with E-state index in [0.29, 0.717) is 0 Å². The van der Waals surface area contributed by atoms with Gasteiger partial charge in [-0.2, -0.15) is 0 Å². The van der Waals surface area contributed by atoms with E-state index in [1.165, 1.54) is 5.69 Å². The van der Waals surface area contributed by atoms with Crippen molar-refractivity contribution < 1.29 is 4.74 Å². The molecular formula is C7H8BrNO. The van der Waals surface area contributed by atoms with Gasteiger partial charge in [0.25, 0.3) is 0 Å². The van der Waals surface area contributed by atoms with E-state index in [1.54, 1.807) is 0 Å². The summed E-state index contributed by atoms with van der Waals surface area (Å²) in [5, 5.41) is 0. The Morgan fingerprint density at radius 3 is 3.30 bits per heavy atom. The molecule has 0 aliphatic carbocycles. The van der Waals surface area contributed by atoms with Gasteiger partial charge in [0.15, 0.2) is 0 Å². The third-order valence-electron chi connectivity index (χ3n) is 1.68. The Kier molecular flexibility index (Phi) is 1.54. The van der Waals surface area contributed by atoms with Gasteiger partial charge in [-0.3, -0.25) is 0 Å². The largest absolute Gasteiger partial charge is 0.373 e. The van der Waals surface area contributed by atoms with Gasteiger partial charge in [0.05, 0.1) is 13.2 Å². The molecule has 1 aromatic rings. The molecule has 0 saturated carbocycles. The van der Waals surface area contributed by atoms with Crippen LogP contribution in [0.3, 0.4) is 0 Å². The second-order valence-electron chi connectivity index (χ2n) is 2.40. The molecule has 0 amide bonds. The van der Waals surface area contributed by atoms with Gasteiger partial charge in [0.2, 0.25) is 0 Å². The molecule has 0 bridgehead atoms. The zero-order chi connectivity index (χ0) is 6.97. The van der Waals surface area contributed by atoms with Gasteiger partial charge in [-0.25, -0.2) is 0 Å². The number of nitrogens with zero attached hydrogens (tertiary/aromatic N) is 1. The minimum atomic E-state index is 0.756. The fraction of sp³-hybridized carbons (Fsp3) is 0.429. The Morgan fingerprint density at radius 1 is 1.60 bits per heavy atom. The molecule has 0 aromatic carbocycles. The summed E-state index contributed by atoms with van der Waals surface area (Å²) in [6.45, 7) is 2.58. The Balaban J connectivity index is 2.41. The van der Waals surface area contributed by atoms with Crippen LogP contribution in [0.25, 0.3) is 0 Å². The van der Waals surface area contributed by atoms with Gasteiger partial charge >= 0.3 is 0 Å². The number of hydrogen-bond acceptors (Lipinski definition) is 1. The van der Waals surface area contributed by atoms with E-state index in [9.17, 15) is 0 Å². The lowest BCUT2D eigenvalue weighted by Crippen LogP contribution is -2.14. The predicted molar refractivity (Wildman–Crippen MR) is 41.8 cm³/mol. The molecule has 0 N–H and O–H groups in total. The summed E-state index contributed by atoms with van der Waals surface area (Å²) in [7, 11) is 0. The highest BCUT2D eigenvalue weighted by Crippen LogP contribution is 2.17. The van der Waals surface area contributed by atoms with Crippen LogP contribution >= 0.6 is 15.9 Å². The van der Waals surface area contributed by atoms with E-state index >= 15 is 0 Å². The Hall–Kier alpha value is -0.280. The number of halogens is 1. The molecule has 2 nitrogen and oxygen atoms in total. The summed E-state index contributed by atoms with van der Waals surface area (Å²) in [6.07, 6.45) is 2.10. The highest BCUT2D eigenvalue weighted by molar-refractivity contribution is 9.10. The number of rotatable bonds is 0. The molecule has 1 aromatic heterocycles. The first-order chi connectivity index (χ1) is 4.86. The van der Waals surface area contributed by atoms with Crippen molar-refractivity contribution in [2.45, 2.75) is 13.2 Å². The summed E-state index contributed by atoms with van der Waals surface area (Å²) in [4.78, 5) is 0. The Morgan fingerprint density at radius 2 is 2.50 bits per heavy atom. The van der Waals surface area contributed by atoms with Gasteiger partial charge in [-0.15, -0.1) is 0 Å². The van der Waals surface area contributed by atoms with Crippen LogP contribution in [0.1, 0.15) is 5.69 Å². The molecule has 2 rings (SSSR count). The van der Waals surface area contributed by atoms with Crippen molar-refractivity contribution >= 4 is 15.9 Å². The highest BCUT2D eigenvalue weighted by Gasteiger charge is 2.08. The predicted octanol–water partition coefficient (Wildman–Crippen LogP) is 1.78. The van der Waals surface area contributed by atoms with Crippen LogP contribution in [0.2, 0.25) is 0 Å². The maximum Gasteiger partial charge on any atom is 0.0869 e.